The SMILES string of the molecule is Cc1ccccc1-c1c(-c2ccccn2)nn(C)c1N. The summed E-state index contributed by atoms with van der Waals surface area (Å²) in [5.41, 5.74) is 11.1. The molecular formula is C16H16N4. The fourth-order valence-corrected chi connectivity index (χ4v) is 2.34. The predicted molar refractivity (Wildman–Crippen MR) is 81.0 cm³/mol. The van der Waals surface area contributed by atoms with Gasteiger partial charge in [-0.1, -0.05) is 30.3 Å². The molecule has 2 N–H and O–H groups in total. The van der Waals surface area contributed by atoms with E-state index in [9.17, 15) is 0 Å². The molecule has 0 saturated carbocycles. The third-order valence-corrected chi connectivity index (χ3v) is 3.41. The molecule has 0 radical (unpaired) electrons. The highest BCUT2D eigenvalue weighted by Gasteiger charge is 2.19. The van der Waals surface area contributed by atoms with Crippen LogP contribution in [0.4, 0.5) is 5.82 Å². The smallest absolute Gasteiger partial charge is 0.129 e. The summed E-state index contributed by atoms with van der Waals surface area (Å²) in [6.07, 6.45) is 1.77. The van der Waals surface area contributed by atoms with Crippen LogP contribution in [0.15, 0.2) is 48.7 Å². The highest BCUT2D eigenvalue weighted by molar-refractivity contribution is 5.88. The summed E-state index contributed by atoms with van der Waals surface area (Å²) in [6, 6.07) is 14.0. The van der Waals surface area contributed by atoms with E-state index in [4.69, 9.17) is 5.73 Å². The second-order valence-electron chi connectivity index (χ2n) is 4.76. The molecule has 2 heterocycles. The number of nitrogens with two attached hydrogens (primary N) is 1. The Morgan fingerprint density at radius 2 is 1.80 bits per heavy atom. The Hall–Kier alpha value is -2.62. The topological polar surface area (TPSA) is 56.7 Å². The molecule has 0 spiro atoms. The summed E-state index contributed by atoms with van der Waals surface area (Å²) < 4.78 is 1.70. The Kier molecular flexibility index (Phi) is 2.99. The van der Waals surface area contributed by atoms with Crippen molar-refractivity contribution >= 4 is 5.82 Å². The molecule has 3 rings (SSSR count). The number of nitrogens with zero attached hydrogens (tertiary/aromatic N) is 3. The maximum absolute atomic E-state index is 6.21. The van der Waals surface area contributed by atoms with Crippen LogP contribution in [-0.4, -0.2) is 14.8 Å². The van der Waals surface area contributed by atoms with Gasteiger partial charge in [0.05, 0.1) is 11.3 Å². The quantitative estimate of drug-likeness (QED) is 0.774. The molecule has 4 heteroatoms. The molecule has 0 aliphatic heterocycles. The summed E-state index contributed by atoms with van der Waals surface area (Å²) in [4.78, 5) is 4.39. The van der Waals surface area contributed by atoms with Crippen LogP contribution < -0.4 is 5.73 Å². The first-order valence-corrected chi connectivity index (χ1v) is 6.48. The van der Waals surface area contributed by atoms with Crippen LogP contribution in [0.2, 0.25) is 0 Å². The number of pyridine rings is 1. The van der Waals surface area contributed by atoms with Crippen LogP contribution >= 0.6 is 0 Å². The summed E-state index contributed by atoms with van der Waals surface area (Å²) in [7, 11) is 1.85. The molecule has 0 saturated heterocycles. The fraction of sp³-hybridized carbons (Fsp3) is 0.125. The monoisotopic (exact) mass is 264 g/mol. The molecule has 0 aliphatic carbocycles. The van der Waals surface area contributed by atoms with Crippen LogP contribution in [0.3, 0.4) is 0 Å². The standard InChI is InChI=1S/C16H16N4/c1-11-7-3-4-8-12(11)14-15(19-20(2)16(14)17)13-9-5-6-10-18-13/h3-10H,17H2,1-2H3. The Balaban J connectivity index is 2.29. The molecule has 0 bridgehead atoms. The van der Waals surface area contributed by atoms with Gasteiger partial charge in [-0.3, -0.25) is 9.67 Å². The zero-order chi connectivity index (χ0) is 14.1. The largest absolute Gasteiger partial charge is 0.383 e. The molecule has 0 fully saturated rings. The number of hydrogen-bond donors (Lipinski definition) is 1. The van der Waals surface area contributed by atoms with Crippen molar-refractivity contribution in [2.45, 2.75) is 6.92 Å². The van der Waals surface area contributed by atoms with Crippen molar-refractivity contribution in [3.8, 4) is 22.5 Å². The van der Waals surface area contributed by atoms with Gasteiger partial charge in [-0.25, -0.2) is 0 Å². The van der Waals surface area contributed by atoms with Crippen LogP contribution in [-0.2, 0) is 7.05 Å². The van der Waals surface area contributed by atoms with Gasteiger partial charge in [0.2, 0.25) is 0 Å². The van der Waals surface area contributed by atoms with Crippen molar-refractivity contribution < 1.29 is 0 Å². The molecule has 100 valence electrons. The number of aromatic nitrogens is 3. The lowest BCUT2D eigenvalue weighted by Crippen LogP contribution is -1.98. The van der Waals surface area contributed by atoms with Crippen molar-refractivity contribution in [3.05, 3.63) is 54.2 Å². The van der Waals surface area contributed by atoms with E-state index in [1.807, 2.05) is 37.4 Å². The molecule has 1 aromatic carbocycles. The molecule has 0 unspecified atom stereocenters. The van der Waals surface area contributed by atoms with Crippen LogP contribution in [0, 0.1) is 6.92 Å². The lowest BCUT2D eigenvalue weighted by molar-refractivity contribution is 0.781. The lowest BCUT2D eigenvalue weighted by Gasteiger charge is -2.07. The predicted octanol–water partition coefficient (Wildman–Crippen LogP) is 3.04. The van der Waals surface area contributed by atoms with Crippen molar-refractivity contribution in [1.29, 1.82) is 0 Å². The average Bonchev–Trinajstić information content (AvgIpc) is 2.77. The van der Waals surface area contributed by atoms with E-state index in [0.29, 0.717) is 5.82 Å². The zero-order valence-electron chi connectivity index (χ0n) is 11.5. The summed E-state index contributed by atoms with van der Waals surface area (Å²) >= 11 is 0. The zero-order valence-corrected chi connectivity index (χ0v) is 11.5. The maximum atomic E-state index is 6.21. The van der Waals surface area contributed by atoms with Gasteiger partial charge in [-0.05, 0) is 30.2 Å². The minimum Gasteiger partial charge on any atom is -0.383 e. The van der Waals surface area contributed by atoms with Crippen LogP contribution in [0.5, 0.6) is 0 Å². The van der Waals surface area contributed by atoms with E-state index in [1.54, 1.807) is 10.9 Å². The number of hydrogen-bond acceptors (Lipinski definition) is 3. The Morgan fingerprint density at radius 1 is 1.05 bits per heavy atom. The molecule has 3 aromatic rings. The normalized spacial score (nSPS) is 10.7. The third-order valence-electron chi connectivity index (χ3n) is 3.41. The molecule has 2 aromatic heterocycles. The van der Waals surface area contributed by atoms with E-state index in [0.717, 1.165) is 22.5 Å². The van der Waals surface area contributed by atoms with Crippen LogP contribution in [0.1, 0.15) is 5.56 Å². The summed E-state index contributed by atoms with van der Waals surface area (Å²) in [5.74, 6) is 0.653. The average molecular weight is 264 g/mol. The first kappa shape index (κ1) is 12.4. The summed E-state index contributed by atoms with van der Waals surface area (Å²) in [6.45, 7) is 2.07. The molecule has 4 nitrogen and oxygen atoms in total. The lowest BCUT2D eigenvalue weighted by atomic mass is 9.99. The number of benzene rings is 1. The van der Waals surface area contributed by atoms with Gasteiger partial charge in [0.15, 0.2) is 0 Å². The van der Waals surface area contributed by atoms with Crippen molar-refractivity contribution in [2.24, 2.45) is 7.05 Å². The minimum absolute atomic E-state index is 0.653. The third kappa shape index (κ3) is 1.95. The maximum Gasteiger partial charge on any atom is 0.129 e. The van der Waals surface area contributed by atoms with E-state index >= 15 is 0 Å². The van der Waals surface area contributed by atoms with Gasteiger partial charge in [-0.2, -0.15) is 5.10 Å². The Morgan fingerprint density at radius 3 is 2.50 bits per heavy atom. The molecule has 0 aliphatic rings. The van der Waals surface area contributed by atoms with Gasteiger partial charge in [0.1, 0.15) is 11.5 Å². The first-order chi connectivity index (χ1) is 9.68. The molecule has 20 heavy (non-hydrogen) atoms. The molecule has 0 amide bonds. The highest BCUT2D eigenvalue weighted by atomic mass is 15.3. The first-order valence-electron chi connectivity index (χ1n) is 6.48. The van der Waals surface area contributed by atoms with Crippen molar-refractivity contribution in [1.82, 2.24) is 14.8 Å². The van der Waals surface area contributed by atoms with Crippen molar-refractivity contribution in [3.63, 3.8) is 0 Å². The fourth-order valence-electron chi connectivity index (χ4n) is 2.34. The molecule has 0 atom stereocenters. The number of aryl methyl sites for hydroxylation is 2. The van der Waals surface area contributed by atoms with E-state index < -0.39 is 0 Å². The van der Waals surface area contributed by atoms with E-state index in [-0.39, 0.29) is 0 Å². The number of anilines is 1. The number of rotatable bonds is 2. The van der Waals surface area contributed by atoms with Gasteiger partial charge in [0.25, 0.3) is 0 Å². The van der Waals surface area contributed by atoms with Gasteiger partial charge in [-0.15, -0.1) is 0 Å². The van der Waals surface area contributed by atoms with Crippen molar-refractivity contribution in [2.75, 3.05) is 5.73 Å². The van der Waals surface area contributed by atoms with Gasteiger partial charge < -0.3 is 5.73 Å². The van der Waals surface area contributed by atoms with E-state index in [2.05, 4.69) is 29.1 Å². The van der Waals surface area contributed by atoms with Crippen LogP contribution in [0.25, 0.3) is 22.5 Å². The second-order valence-corrected chi connectivity index (χ2v) is 4.76. The van der Waals surface area contributed by atoms with E-state index in [1.165, 1.54) is 5.56 Å². The second kappa shape index (κ2) is 4.81. The van der Waals surface area contributed by atoms with Gasteiger partial charge in [0, 0.05) is 13.2 Å². The Bertz CT molecular complexity index is 744. The highest BCUT2D eigenvalue weighted by Crippen LogP contribution is 2.36. The molecular weight excluding hydrogens is 248 g/mol. The Labute approximate surface area is 117 Å². The van der Waals surface area contributed by atoms with Gasteiger partial charge >= 0.3 is 0 Å². The minimum atomic E-state index is 0.653. The number of nitrogen functional groups attached to an aromatic ring is 1. The summed E-state index contributed by atoms with van der Waals surface area (Å²) in [5, 5.41) is 4.53.